The number of carbonyl (C=O) groups excluding carboxylic acids is 1. The van der Waals surface area contributed by atoms with Crippen LogP contribution in [-0.4, -0.2) is 22.1 Å². The van der Waals surface area contributed by atoms with Crippen LogP contribution in [0.15, 0.2) is 0 Å². The average molecular weight is 244 g/mol. The lowest BCUT2D eigenvalue weighted by atomic mass is 10.1. The van der Waals surface area contributed by atoms with Gasteiger partial charge in [0.2, 0.25) is 0 Å². The maximum Gasteiger partial charge on any atom is 0.138 e. The number of halogens is 1. The average Bonchev–Trinajstić information content (AvgIpc) is 2.54. The molecule has 2 N–H and O–H groups in total. The van der Waals surface area contributed by atoms with Crippen molar-refractivity contribution in [1.82, 2.24) is 9.78 Å². The first kappa shape index (κ1) is 13.2. The molecule has 0 aliphatic heterocycles. The lowest BCUT2D eigenvalue weighted by Gasteiger charge is -2.04. The van der Waals surface area contributed by atoms with Crippen molar-refractivity contribution in [2.24, 2.45) is 5.73 Å². The van der Waals surface area contributed by atoms with Crippen LogP contribution in [-0.2, 0) is 17.8 Å². The third-order valence-corrected chi connectivity index (χ3v) is 2.97. The second kappa shape index (κ2) is 6.01. The predicted molar refractivity (Wildman–Crippen MR) is 64.6 cm³/mol. The molecule has 0 radical (unpaired) electrons. The van der Waals surface area contributed by atoms with Crippen LogP contribution in [0.25, 0.3) is 0 Å². The molecular formula is C11H18ClN3O. The molecule has 0 spiro atoms. The number of aromatic nitrogens is 2. The molecule has 0 aliphatic carbocycles. The van der Waals surface area contributed by atoms with Crippen LogP contribution in [0, 0.1) is 6.92 Å². The Hall–Kier alpha value is -0.870. The van der Waals surface area contributed by atoms with Gasteiger partial charge in [0.05, 0.1) is 16.4 Å². The first-order valence-electron chi connectivity index (χ1n) is 5.53. The largest absolute Gasteiger partial charge is 0.330 e. The van der Waals surface area contributed by atoms with Crippen molar-refractivity contribution in [1.29, 1.82) is 0 Å². The minimum atomic E-state index is 0.168. The third kappa shape index (κ3) is 3.06. The zero-order valence-corrected chi connectivity index (χ0v) is 10.5. The summed E-state index contributed by atoms with van der Waals surface area (Å²) < 4.78 is 1.79. The van der Waals surface area contributed by atoms with Gasteiger partial charge in [-0.3, -0.25) is 9.48 Å². The molecule has 0 atom stereocenters. The Balaban J connectivity index is 2.75. The standard InChI is InChI=1S/C11H18ClN3O/c1-3-15-10(11(12)8(2)14-15)7-9(16)5-4-6-13/h3-7,13H2,1-2H3. The van der Waals surface area contributed by atoms with Gasteiger partial charge in [-0.15, -0.1) is 0 Å². The van der Waals surface area contributed by atoms with E-state index in [0.29, 0.717) is 24.4 Å². The molecule has 0 bridgehead atoms. The summed E-state index contributed by atoms with van der Waals surface area (Å²) in [6, 6.07) is 0. The fourth-order valence-corrected chi connectivity index (χ4v) is 1.81. The van der Waals surface area contributed by atoms with Crippen molar-refractivity contribution < 1.29 is 4.79 Å². The van der Waals surface area contributed by atoms with Crippen LogP contribution in [0.2, 0.25) is 5.02 Å². The quantitative estimate of drug-likeness (QED) is 0.828. The molecule has 1 aromatic rings. The number of nitrogens with two attached hydrogens (primary N) is 1. The van der Waals surface area contributed by atoms with E-state index in [4.69, 9.17) is 17.3 Å². The topological polar surface area (TPSA) is 60.9 Å². The van der Waals surface area contributed by atoms with E-state index in [0.717, 1.165) is 24.4 Å². The van der Waals surface area contributed by atoms with E-state index in [-0.39, 0.29) is 5.78 Å². The van der Waals surface area contributed by atoms with Crippen LogP contribution in [0.4, 0.5) is 0 Å². The van der Waals surface area contributed by atoms with E-state index in [2.05, 4.69) is 5.10 Å². The van der Waals surface area contributed by atoms with E-state index in [1.54, 1.807) is 4.68 Å². The van der Waals surface area contributed by atoms with E-state index in [1.807, 2.05) is 13.8 Å². The van der Waals surface area contributed by atoms with Gasteiger partial charge >= 0.3 is 0 Å². The Labute approximate surface area is 101 Å². The summed E-state index contributed by atoms with van der Waals surface area (Å²) in [5.74, 6) is 0.168. The Morgan fingerprint density at radius 3 is 2.81 bits per heavy atom. The summed E-state index contributed by atoms with van der Waals surface area (Å²) in [5, 5.41) is 4.88. The van der Waals surface area contributed by atoms with E-state index in [1.165, 1.54) is 0 Å². The van der Waals surface area contributed by atoms with Gasteiger partial charge in [-0.05, 0) is 26.8 Å². The van der Waals surface area contributed by atoms with Crippen LogP contribution >= 0.6 is 11.6 Å². The summed E-state index contributed by atoms with van der Waals surface area (Å²) in [7, 11) is 0. The Morgan fingerprint density at radius 1 is 1.56 bits per heavy atom. The van der Waals surface area contributed by atoms with Gasteiger partial charge in [-0.1, -0.05) is 11.6 Å². The highest BCUT2D eigenvalue weighted by Crippen LogP contribution is 2.21. The number of nitrogens with zero attached hydrogens (tertiary/aromatic N) is 2. The number of hydrogen-bond acceptors (Lipinski definition) is 3. The fourth-order valence-electron chi connectivity index (χ4n) is 1.61. The molecule has 16 heavy (non-hydrogen) atoms. The summed E-state index contributed by atoms with van der Waals surface area (Å²) in [4.78, 5) is 11.6. The van der Waals surface area contributed by atoms with Crippen molar-refractivity contribution in [3.63, 3.8) is 0 Å². The Kier molecular flexibility index (Phi) is 4.96. The number of hydrogen-bond donors (Lipinski definition) is 1. The highest BCUT2D eigenvalue weighted by molar-refractivity contribution is 6.32. The number of Topliss-reactive ketones (excluding diaryl/α,β-unsaturated/α-hetero) is 1. The third-order valence-electron chi connectivity index (χ3n) is 2.48. The first-order chi connectivity index (χ1) is 7.60. The van der Waals surface area contributed by atoms with Crippen LogP contribution in [0.1, 0.15) is 31.2 Å². The summed E-state index contributed by atoms with van der Waals surface area (Å²) in [6.45, 7) is 5.11. The highest BCUT2D eigenvalue weighted by atomic mass is 35.5. The Morgan fingerprint density at radius 2 is 2.25 bits per heavy atom. The molecule has 4 nitrogen and oxygen atoms in total. The highest BCUT2D eigenvalue weighted by Gasteiger charge is 2.15. The zero-order valence-electron chi connectivity index (χ0n) is 9.79. The summed E-state index contributed by atoms with van der Waals surface area (Å²) in [5.41, 5.74) is 6.97. The maximum absolute atomic E-state index is 11.6. The molecule has 5 heteroatoms. The SMILES string of the molecule is CCn1nc(C)c(Cl)c1CC(=O)CCCN. The fraction of sp³-hybridized carbons (Fsp3) is 0.636. The summed E-state index contributed by atoms with van der Waals surface area (Å²) >= 11 is 6.11. The number of carbonyl (C=O) groups is 1. The van der Waals surface area contributed by atoms with Gasteiger partial charge in [0, 0.05) is 19.4 Å². The second-order valence-corrected chi connectivity index (χ2v) is 4.15. The van der Waals surface area contributed by atoms with E-state index in [9.17, 15) is 4.79 Å². The molecule has 0 aliphatic rings. The van der Waals surface area contributed by atoms with Gasteiger partial charge in [-0.25, -0.2) is 0 Å². The number of rotatable bonds is 6. The van der Waals surface area contributed by atoms with Crippen molar-refractivity contribution in [3.05, 3.63) is 16.4 Å². The van der Waals surface area contributed by atoms with Crippen molar-refractivity contribution in [2.75, 3.05) is 6.54 Å². The van der Waals surface area contributed by atoms with E-state index < -0.39 is 0 Å². The molecule has 0 unspecified atom stereocenters. The van der Waals surface area contributed by atoms with Crippen molar-refractivity contribution in [2.45, 2.75) is 39.7 Å². The lowest BCUT2D eigenvalue weighted by Crippen LogP contribution is -2.11. The van der Waals surface area contributed by atoms with Gasteiger partial charge in [0.25, 0.3) is 0 Å². The molecule has 1 aromatic heterocycles. The van der Waals surface area contributed by atoms with Gasteiger partial charge in [0.15, 0.2) is 0 Å². The van der Waals surface area contributed by atoms with E-state index >= 15 is 0 Å². The van der Waals surface area contributed by atoms with Crippen LogP contribution in [0.3, 0.4) is 0 Å². The van der Waals surface area contributed by atoms with Crippen molar-refractivity contribution in [3.8, 4) is 0 Å². The summed E-state index contributed by atoms with van der Waals surface area (Å²) in [6.07, 6.45) is 1.60. The first-order valence-corrected chi connectivity index (χ1v) is 5.91. The smallest absolute Gasteiger partial charge is 0.138 e. The molecule has 0 fully saturated rings. The molecule has 1 heterocycles. The minimum absolute atomic E-state index is 0.168. The molecule has 1 rings (SSSR count). The lowest BCUT2D eigenvalue weighted by molar-refractivity contribution is -0.118. The molecule has 0 amide bonds. The number of ketones is 1. The maximum atomic E-state index is 11.6. The molecular weight excluding hydrogens is 226 g/mol. The van der Waals surface area contributed by atoms with Gasteiger partial charge in [-0.2, -0.15) is 5.10 Å². The predicted octanol–water partition coefficient (Wildman–Crippen LogP) is 1.72. The zero-order chi connectivity index (χ0) is 12.1. The van der Waals surface area contributed by atoms with Crippen molar-refractivity contribution >= 4 is 17.4 Å². The van der Waals surface area contributed by atoms with Crippen LogP contribution < -0.4 is 5.73 Å². The normalized spacial score (nSPS) is 10.8. The second-order valence-electron chi connectivity index (χ2n) is 3.77. The molecule has 90 valence electrons. The van der Waals surface area contributed by atoms with Gasteiger partial charge < -0.3 is 5.73 Å². The molecule has 0 saturated heterocycles. The van der Waals surface area contributed by atoms with Gasteiger partial charge in [0.1, 0.15) is 5.78 Å². The minimum Gasteiger partial charge on any atom is -0.330 e. The van der Waals surface area contributed by atoms with Crippen LogP contribution in [0.5, 0.6) is 0 Å². The molecule has 0 aromatic carbocycles. The Bertz CT molecular complexity index is 374. The monoisotopic (exact) mass is 243 g/mol. The molecule has 0 saturated carbocycles. The number of aryl methyl sites for hydroxylation is 2.